The third-order valence-corrected chi connectivity index (χ3v) is 9.84. The predicted molar refractivity (Wildman–Crippen MR) is 168 cm³/mol. The van der Waals surface area contributed by atoms with Crippen molar-refractivity contribution >= 4 is 53.0 Å². The summed E-state index contributed by atoms with van der Waals surface area (Å²) in [6.07, 6.45) is 1.17. The molecule has 0 saturated carbocycles. The van der Waals surface area contributed by atoms with Crippen molar-refractivity contribution in [1.82, 2.24) is 24.2 Å². The van der Waals surface area contributed by atoms with Crippen LogP contribution in [0.1, 0.15) is 51.2 Å². The molecule has 3 saturated heterocycles. The number of amides is 1. The lowest BCUT2D eigenvalue weighted by molar-refractivity contribution is -0.176. The van der Waals surface area contributed by atoms with Crippen molar-refractivity contribution in [3.8, 4) is 0 Å². The molecule has 0 bridgehead atoms. The standard InChI is InChI=1S/C27H30ClFN6O5S2.C2H6/c1-26(2,3)40-25(37)33-42-35-11-18-27(35)13-39-12-19(27)34(18)10-17-20(24(36)38-4)21(15-6-5-14(29)9-16(15)28)32-22(31-17)23-30-7-8-41-23;1-2/h5-9,18-19,21H,10-13H2,1-4H3,(H,31,32)(H,33,37);1-2H3/t18?,19?,21-,27?;/m0./s1. The van der Waals surface area contributed by atoms with E-state index in [4.69, 9.17) is 30.8 Å². The van der Waals surface area contributed by atoms with Crippen LogP contribution in [0, 0.1) is 5.82 Å². The van der Waals surface area contributed by atoms with Crippen molar-refractivity contribution < 1.29 is 28.2 Å². The van der Waals surface area contributed by atoms with E-state index in [0.717, 1.165) is 0 Å². The zero-order valence-corrected chi connectivity index (χ0v) is 27.7. The maximum absolute atomic E-state index is 14.0. The van der Waals surface area contributed by atoms with E-state index in [0.29, 0.717) is 54.0 Å². The Bertz CT molecular complexity index is 1470. The molecule has 11 nitrogen and oxygen atoms in total. The highest BCUT2D eigenvalue weighted by Gasteiger charge is 2.73. The number of thiazole rings is 1. The molecule has 238 valence electrons. The first-order valence-corrected chi connectivity index (χ1v) is 16.3. The lowest BCUT2D eigenvalue weighted by atomic mass is 9.67. The number of carbonyl (C=O) groups is 2. The van der Waals surface area contributed by atoms with Crippen LogP contribution >= 0.6 is 35.1 Å². The summed E-state index contributed by atoms with van der Waals surface area (Å²) >= 11 is 9.11. The van der Waals surface area contributed by atoms with Crippen molar-refractivity contribution in [3.05, 3.63) is 62.5 Å². The van der Waals surface area contributed by atoms with Crippen molar-refractivity contribution in [2.24, 2.45) is 4.99 Å². The number of amidine groups is 1. The second-order valence-corrected chi connectivity index (χ2v) is 13.5. The molecule has 2 N–H and O–H groups in total. The first kappa shape index (κ1) is 32.6. The van der Waals surface area contributed by atoms with E-state index >= 15 is 0 Å². The van der Waals surface area contributed by atoms with Crippen molar-refractivity contribution in [2.45, 2.75) is 63.9 Å². The number of esters is 1. The minimum atomic E-state index is -0.835. The summed E-state index contributed by atoms with van der Waals surface area (Å²) in [4.78, 5) is 37.0. The molecular weight excluding hydrogens is 631 g/mol. The van der Waals surface area contributed by atoms with Crippen LogP contribution in [0.15, 0.2) is 46.0 Å². The Hall–Kier alpha value is -2.75. The SMILES string of the molecule is CC.COC(=O)C1=C(CN2C3COCC34C2CN4SNC(=O)OC(C)(C)C)NC(c2nccs2)=N[C@H]1c1ccc(F)cc1Cl. The van der Waals surface area contributed by atoms with Crippen LogP contribution in [0.25, 0.3) is 0 Å². The van der Waals surface area contributed by atoms with Gasteiger partial charge in [-0.15, -0.1) is 11.3 Å². The van der Waals surface area contributed by atoms with E-state index in [1.807, 2.05) is 40.0 Å². The molecule has 4 aliphatic rings. The smallest absolute Gasteiger partial charge is 0.418 e. The van der Waals surface area contributed by atoms with Gasteiger partial charge in [-0.25, -0.2) is 23.3 Å². The van der Waals surface area contributed by atoms with Gasteiger partial charge in [-0.05, 0) is 32.9 Å². The molecule has 5 heterocycles. The van der Waals surface area contributed by atoms with Gasteiger partial charge in [-0.1, -0.05) is 31.5 Å². The third kappa shape index (κ3) is 5.95. The lowest BCUT2D eigenvalue weighted by Crippen LogP contribution is -2.90. The molecule has 3 unspecified atom stereocenters. The number of likely N-dealkylation sites (tertiary alicyclic amines) is 1. The largest absolute Gasteiger partial charge is 0.466 e. The monoisotopic (exact) mass is 666 g/mol. The zero-order chi connectivity index (χ0) is 31.8. The molecule has 15 heteroatoms. The van der Waals surface area contributed by atoms with Crippen LogP contribution in [0.3, 0.4) is 0 Å². The summed E-state index contributed by atoms with van der Waals surface area (Å²) in [6.45, 7) is 11.5. The third-order valence-electron chi connectivity index (χ3n) is 7.77. The number of nitrogens with one attached hydrogen (secondary N) is 2. The summed E-state index contributed by atoms with van der Waals surface area (Å²) in [5.74, 6) is -0.566. The highest BCUT2D eigenvalue weighted by atomic mass is 35.5. The van der Waals surface area contributed by atoms with Gasteiger partial charge in [0.25, 0.3) is 0 Å². The van der Waals surface area contributed by atoms with Gasteiger partial charge < -0.3 is 19.5 Å². The van der Waals surface area contributed by atoms with E-state index in [9.17, 15) is 14.0 Å². The second-order valence-electron chi connectivity index (χ2n) is 11.4. The summed E-state index contributed by atoms with van der Waals surface area (Å²) in [7, 11) is 1.31. The van der Waals surface area contributed by atoms with E-state index in [2.05, 4.69) is 24.2 Å². The van der Waals surface area contributed by atoms with Crippen molar-refractivity contribution in [2.75, 3.05) is 33.4 Å². The molecule has 1 amide bonds. The van der Waals surface area contributed by atoms with E-state index in [1.165, 1.54) is 48.8 Å². The van der Waals surface area contributed by atoms with Crippen LogP contribution < -0.4 is 10.0 Å². The highest BCUT2D eigenvalue weighted by molar-refractivity contribution is 7.95. The number of benzene rings is 1. The number of rotatable bonds is 7. The van der Waals surface area contributed by atoms with E-state index in [-0.39, 0.29) is 22.6 Å². The van der Waals surface area contributed by atoms with Crippen LogP contribution in [-0.4, -0.2) is 88.7 Å². The Morgan fingerprint density at radius 2 is 2.09 bits per heavy atom. The Balaban J connectivity index is 0.00000188. The topological polar surface area (TPSA) is 118 Å². The maximum atomic E-state index is 14.0. The van der Waals surface area contributed by atoms with Crippen LogP contribution in [0.2, 0.25) is 5.02 Å². The number of hydrogen-bond donors (Lipinski definition) is 2. The van der Waals surface area contributed by atoms with Gasteiger partial charge in [0.1, 0.15) is 17.5 Å². The van der Waals surface area contributed by atoms with E-state index in [1.54, 1.807) is 6.20 Å². The zero-order valence-electron chi connectivity index (χ0n) is 25.3. The normalized spacial score (nSPS) is 26.1. The quantitative estimate of drug-likeness (QED) is 0.318. The molecule has 0 aliphatic carbocycles. The fourth-order valence-corrected chi connectivity index (χ4v) is 7.73. The summed E-state index contributed by atoms with van der Waals surface area (Å²) in [5.41, 5.74) is 0.507. The first-order valence-electron chi connectivity index (χ1n) is 14.3. The first-order chi connectivity index (χ1) is 21.0. The average Bonchev–Trinajstić information content (AvgIpc) is 3.66. The molecule has 3 fully saturated rings. The maximum Gasteiger partial charge on any atom is 0.418 e. The molecule has 2 aromatic rings. The van der Waals surface area contributed by atoms with Gasteiger partial charge >= 0.3 is 12.1 Å². The van der Waals surface area contributed by atoms with Crippen molar-refractivity contribution in [1.29, 1.82) is 0 Å². The Morgan fingerprint density at radius 1 is 1.32 bits per heavy atom. The number of carbonyl (C=O) groups excluding carboxylic acids is 2. The summed E-state index contributed by atoms with van der Waals surface area (Å²) in [6, 6.07) is 3.35. The van der Waals surface area contributed by atoms with Crippen LogP contribution in [-0.2, 0) is 19.0 Å². The summed E-state index contributed by atoms with van der Waals surface area (Å²) in [5, 5.41) is 5.98. The molecule has 1 aromatic heterocycles. The average molecular weight is 667 g/mol. The van der Waals surface area contributed by atoms with Gasteiger partial charge in [0.15, 0.2) is 10.8 Å². The Morgan fingerprint density at radius 3 is 2.75 bits per heavy atom. The second kappa shape index (κ2) is 12.9. The number of piperazine rings is 1. The van der Waals surface area contributed by atoms with Crippen LogP contribution in [0.4, 0.5) is 9.18 Å². The summed E-state index contributed by atoms with van der Waals surface area (Å²) < 4.78 is 35.4. The lowest BCUT2D eigenvalue weighted by Gasteiger charge is -2.71. The number of hydrogen-bond acceptors (Lipinski definition) is 12. The fraction of sp³-hybridized carbons (Fsp3) is 0.517. The van der Waals surface area contributed by atoms with E-state index < -0.39 is 29.5 Å². The van der Waals surface area contributed by atoms with Gasteiger partial charge in [0, 0.05) is 59.1 Å². The number of aliphatic imine (C=N–C) groups is 1. The van der Waals surface area contributed by atoms with Gasteiger partial charge in [-0.2, -0.15) is 0 Å². The molecule has 6 rings (SSSR count). The molecule has 4 atom stereocenters. The minimum absolute atomic E-state index is 0.0208. The molecule has 0 radical (unpaired) electrons. The number of ether oxygens (including phenoxy) is 3. The van der Waals surface area contributed by atoms with Crippen molar-refractivity contribution in [3.63, 3.8) is 0 Å². The number of aromatic nitrogens is 1. The Labute approximate surface area is 269 Å². The molecule has 44 heavy (non-hydrogen) atoms. The molecular formula is C29H36ClFN6O5S2. The van der Waals surface area contributed by atoms with Gasteiger partial charge in [0.05, 0.1) is 37.5 Å². The minimum Gasteiger partial charge on any atom is -0.466 e. The number of nitrogens with zero attached hydrogens (tertiary/aromatic N) is 4. The number of methoxy groups -OCH3 is 1. The highest BCUT2D eigenvalue weighted by Crippen LogP contribution is 2.55. The number of halogens is 2. The fourth-order valence-electron chi connectivity index (χ4n) is 5.96. The predicted octanol–water partition coefficient (Wildman–Crippen LogP) is 4.71. The molecule has 1 aromatic carbocycles. The van der Waals surface area contributed by atoms with Gasteiger partial charge in [-0.3, -0.25) is 14.6 Å². The molecule has 1 spiro atoms. The van der Waals surface area contributed by atoms with Gasteiger partial charge in [0.2, 0.25) is 0 Å². The molecule has 4 aliphatic heterocycles. The van der Waals surface area contributed by atoms with Crippen LogP contribution in [0.5, 0.6) is 0 Å². The Kier molecular flexibility index (Phi) is 9.59.